The molecule has 1 aliphatic carbocycles. The summed E-state index contributed by atoms with van der Waals surface area (Å²) in [5.74, 6) is 1.56. The number of aromatic nitrogens is 2. The van der Waals surface area contributed by atoms with Gasteiger partial charge in [0.25, 0.3) is 0 Å². The molecule has 190 valence electrons. The minimum Gasteiger partial charge on any atom is -0.453 e. The van der Waals surface area contributed by atoms with E-state index in [1.165, 1.54) is 36.3 Å². The number of nitrogens with zero attached hydrogens (tertiary/aromatic N) is 2. The maximum atomic E-state index is 9.62. The number of nitrogens with two attached hydrogens (primary N) is 1. The first kappa shape index (κ1) is 28.4. The van der Waals surface area contributed by atoms with E-state index >= 15 is 0 Å². The second kappa shape index (κ2) is 13.3. The number of carbonyl (C=O) groups is 2. The normalized spacial score (nSPS) is 13.5. The summed E-state index contributed by atoms with van der Waals surface area (Å²) in [5.41, 5.74) is 7.21. The van der Waals surface area contributed by atoms with Gasteiger partial charge in [-0.3, -0.25) is 4.90 Å². The van der Waals surface area contributed by atoms with Crippen LogP contribution in [0.15, 0.2) is 47.5 Å². The topological polar surface area (TPSA) is 101 Å². The zero-order chi connectivity index (χ0) is 26.0. The smallest absolute Gasteiger partial charge is 0.404 e. The van der Waals surface area contributed by atoms with Gasteiger partial charge in [0.05, 0.1) is 25.5 Å². The Hall–Kier alpha value is -2.84. The largest absolute Gasteiger partial charge is 0.453 e. The van der Waals surface area contributed by atoms with Gasteiger partial charge in [0.2, 0.25) is 0 Å². The fraction of sp³-hybridized carbons (Fsp3) is 0.444. The van der Waals surface area contributed by atoms with Crippen molar-refractivity contribution in [3.05, 3.63) is 48.4 Å². The number of nitrogens with one attached hydrogen (secondary N) is 1. The molecule has 0 bridgehead atoms. The van der Waals surface area contributed by atoms with Gasteiger partial charge in [0.15, 0.2) is 0 Å². The van der Waals surface area contributed by atoms with Crippen LogP contribution in [-0.2, 0) is 16.1 Å². The van der Waals surface area contributed by atoms with Gasteiger partial charge in [0.1, 0.15) is 12.1 Å². The Kier molecular flexibility index (Phi) is 10.8. The molecular formula is C27H38N4O3S. The van der Waals surface area contributed by atoms with E-state index in [0.717, 1.165) is 35.8 Å². The molecule has 0 radical (unpaired) electrons. The van der Waals surface area contributed by atoms with Crippen molar-refractivity contribution >= 4 is 35.8 Å². The molecule has 1 aliphatic rings. The number of primary amides is 1. The van der Waals surface area contributed by atoms with Crippen LogP contribution in [0.5, 0.6) is 0 Å². The molecule has 7 nitrogen and oxygen atoms in total. The zero-order valence-electron chi connectivity index (χ0n) is 21.4. The summed E-state index contributed by atoms with van der Waals surface area (Å²) in [6.07, 6.45) is 5.54. The third-order valence-electron chi connectivity index (χ3n) is 5.71. The van der Waals surface area contributed by atoms with Crippen LogP contribution < -0.4 is 5.73 Å². The molecule has 0 spiro atoms. The minimum absolute atomic E-state index is 0.530. The van der Waals surface area contributed by atoms with E-state index < -0.39 is 6.09 Å². The summed E-state index contributed by atoms with van der Waals surface area (Å²) >= 11 is 4.40. The van der Waals surface area contributed by atoms with E-state index in [2.05, 4.69) is 82.3 Å². The van der Waals surface area contributed by atoms with Crippen molar-refractivity contribution in [1.82, 2.24) is 14.9 Å². The number of amides is 1. The highest BCUT2D eigenvalue weighted by Gasteiger charge is 2.37. The quantitative estimate of drug-likeness (QED) is 0.287. The lowest BCUT2D eigenvalue weighted by molar-refractivity contribution is -0.108. The molecule has 2 aromatic carbocycles. The van der Waals surface area contributed by atoms with Crippen LogP contribution in [0.4, 0.5) is 4.79 Å². The molecule has 8 heteroatoms. The number of methoxy groups -OCH3 is 1. The molecule has 0 unspecified atom stereocenters. The molecule has 35 heavy (non-hydrogen) atoms. The molecule has 0 aliphatic heterocycles. The first-order chi connectivity index (χ1) is 16.5. The average molecular weight is 499 g/mol. The predicted molar refractivity (Wildman–Crippen MR) is 145 cm³/mol. The van der Waals surface area contributed by atoms with Crippen LogP contribution in [0, 0.1) is 11.3 Å². The predicted octanol–water partition coefficient (Wildman–Crippen LogP) is 5.69. The van der Waals surface area contributed by atoms with Crippen molar-refractivity contribution in [3.63, 3.8) is 0 Å². The monoisotopic (exact) mass is 498 g/mol. The van der Waals surface area contributed by atoms with Gasteiger partial charge < -0.3 is 20.2 Å². The summed E-state index contributed by atoms with van der Waals surface area (Å²) in [6, 6.07) is 12.7. The van der Waals surface area contributed by atoms with E-state index in [4.69, 9.17) is 0 Å². The van der Waals surface area contributed by atoms with Crippen molar-refractivity contribution in [1.29, 1.82) is 0 Å². The maximum absolute atomic E-state index is 9.62. The Morgan fingerprint density at radius 3 is 2.43 bits per heavy atom. The van der Waals surface area contributed by atoms with Crippen LogP contribution in [0.25, 0.3) is 22.0 Å². The molecule has 1 aromatic heterocycles. The summed E-state index contributed by atoms with van der Waals surface area (Å²) < 4.78 is 3.89. The summed E-state index contributed by atoms with van der Waals surface area (Å²) in [5, 5.41) is 2.43. The number of hydrogen-bond acceptors (Lipinski definition) is 6. The van der Waals surface area contributed by atoms with Crippen molar-refractivity contribution in [2.75, 3.05) is 20.7 Å². The Labute approximate surface area is 213 Å². The highest BCUT2D eigenvalue weighted by Crippen LogP contribution is 2.45. The van der Waals surface area contributed by atoms with Gasteiger partial charge in [-0.1, -0.05) is 39.0 Å². The maximum Gasteiger partial charge on any atom is 0.404 e. The molecule has 1 saturated carbocycles. The van der Waals surface area contributed by atoms with Crippen molar-refractivity contribution < 1.29 is 14.3 Å². The van der Waals surface area contributed by atoms with Gasteiger partial charge in [-0.25, -0.2) is 9.78 Å². The Morgan fingerprint density at radius 1 is 1.26 bits per heavy atom. The van der Waals surface area contributed by atoms with Crippen LogP contribution >= 0.6 is 12.6 Å². The minimum atomic E-state index is -0.745. The standard InChI is InChI=1S/C20H23N3S.C5H10O.C2H5NO2/c1-20(7-8-20)13-23(2)12-19-21-11-18(22-19)16-4-3-15-10-17(24)6-5-14(15)9-16;1-5(2)3-4-6;1-5-2(3)4/h3-6,9-11,24H,7-8,12-13H2,1-2H3,(H,21,22);4-5H,3H2,1-2H3;1H3,(H2,3,4). The van der Waals surface area contributed by atoms with Crippen LogP contribution in [0.3, 0.4) is 0 Å². The Morgan fingerprint density at radius 2 is 1.89 bits per heavy atom. The van der Waals surface area contributed by atoms with Gasteiger partial charge in [0, 0.05) is 23.4 Å². The van der Waals surface area contributed by atoms with E-state index in [0.29, 0.717) is 17.8 Å². The Balaban J connectivity index is 0.000000331. The van der Waals surface area contributed by atoms with E-state index in [9.17, 15) is 9.59 Å². The average Bonchev–Trinajstić information content (AvgIpc) is 3.33. The second-order valence-corrected chi connectivity index (χ2v) is 10.3. The lowest BCUT2D eigenvalue weighted by Crippen LogP contribution is -2.25. The number of fused-ring (bicyclic) bond motifs is 1. The van der Waals surface area contributed by atoms with Gasteiger partial charge >= 0.3 is 6.09 Å². The highest BCUT2D eigenvalue weighted by molar-refractivity contribution is 7.80. The molecule has 1 amide bonds. The number of aromatic amines is 1. The molecule has 0 atom stereocenters. The van der Waals surface area contributed by atoms with Crippen LogP contribution in [-0.4, -0.2) is 47.9 Å². The first-order valence-electron chi connectivity index (χ1n) is 11.8. The molecule has 1 fully saturated rings. The van der Waals surface area contributed by atoms with E-state index in [-0.39, 0.29) is 0 Å². The van der Waals surface area contributed by atoms with E-state index in [1.54, 1.807) is 0 Å². The highest BCUT2D eigenvalue weighted by atomic mass is 32.1. The number of imidazole rings is 1. The number of aldehydes is 1. The number of ether oxygens (including phenoxy) is 1. The van der Waals surface area contributed by atoms with Gasteiger partial charge in [-0.05, 0) is 60.2 Å². The Bertz CT molecular complexity index is 1110. The lowest BCUT2D eigenvalue weighted by Gasteiger charge is -2.19. The van der Waals surface area contributed by atoms with Crippen LogP contribution in [0.1, 0.15) is 45.9 Å². The lowest BCUT2D eigenvalue weighted by atomic mass is 10.1. The number of carbonyl (C=O) groups excluding carboxylic acids is 2. The van der Waals surface area contributed by atoms with Crippen molar-refractivity contribution in [2.45, 2.75) is 51.5 Å². The summed E-state index contributed by atoms with van der Waals surface area (Å²) in [4.78, 5) is 30.4. The van der Waals surface area contributed by atoms with E-state index in [1.807, 2.05) is 26.1 Å². The molecule has 0 saturated heterocycles. The van der Waals surface area contributed by atoms with Gasteiger partial charge in [-0.2, -0.15) is 0 Å². The number of H-pyrrole nitrogens is 1. The van der Waals surface area contributed by atoms with Crippen molar-refractivity contribution in [3.8, 4) is 11.3 Å². The molecule has 4 rings (SSSR count). The molecular weight excluding hydrogens is 460 g/mol. The van der Waals surface area contributed by atoms with Crippen molar-refractivity contribution in [2.24, 2.45) is 17.1 Å². The third-order valence-corrected chi connectivity index (χ3v) is 5.99. The summed E-state index contributed by atoms with van der Waals surface area (Å²) in [7, 11) is 3.40. The number of benzene rings is 2. The molecule has 3 aromatic rings. The second-order valence-electron chi connectivity index (χ2n) is 9.79. The fourth-order valence-corrected chi connectivity index (χ4v) is 3.73. The SMILES string of the molecule is CC(C)CC=O.CN(Cc1ncc(-c2ccc3cc(S)ccc3c2)[nH]1)CC1(C)CC1.COC(N)=O. The number of thiol groups is 1. The molecule has 3 N–H and O–H groups in total. The first-order valence-corrected chi connectivity index (χ1v) is 12.2. The molecule has 1 heterocycles. The van der Waals surface area contributed by atoms with Gasteiger partial charge in [-0.15, -0.1) is 12.6 Å². The summed E-state index contributed by atoms with van der Waals surface area (Å²) in [6.45, 7) is 8.42. The number of hydrogen-bond donors (Lipinski definition) is 3. The zero-order valence-corrected chi connectivity index (χ0v) is 22.3. The number of rotatable bonds is 7. The van der Waals surface area contributed by atoms with Crippen LogP contribution in [0.2, 0.25) is 0 Å². The third kappa shape index (κ3) is 10.1. The fourth-order valence-electron chi connectivity index (χ4n) is 3.52.